The summed E-state index contributed by atoms with van der Waals surface area (Å²) in [5.74, 6) is -0.110. The van der Waals surface area contributed by atoms with Crippen molar-refractivity contribution in [1.29, 1.82) is 0 Å². The molecule has 2 heterocycles. The van der Waals surface area contributed by atoms with Crippen LogP contribution in [0.2, 0.25) is 0 Å². The van der Waals surface area contributed by atoms with Crippen LogP contribution in [0.15, 0.2) is 39.2 Å². The molecule has 2 aromatic heterocycles. The molecule has 0 bridgehead atoms. The van der Waals surface area contributed by atoms with E-state index in [1.54, 1.807) is 22.4 Å². The van der Waals surface area contributed by atoms with Crippen molar-refractivity contribution in [3.8, 4) is 5.69 Å². The Morgan fingerprint density at radius 3 is 2.55 bits per heavy atom. The Balaban J connectivity index is 2.16. The summed E-state index contributed by atoms with van der Waals surface area (Å²) < 4.78 is 3.11. The van der Waals surface area contributed by atoms with Gasteiger partial charge in [0, 0.05) is 13.1 Å². The number of thiophene rings is 1. The zero-order chi connectivity index (χ0) is 21.1. The number of nitrogens with zero attached hydrogens (tertiary/aromatic N) is 3. The van der Waals surface area contributed by atoms with E-state index in [4.69, 9.17) is 0 Å². The number of carbonyl (C=O) groups is 1. The summed E-state index contributed by atoms with van der Waals surface area (Å²) in [6, 6.07) is 7.36. The fraction of sp³-hybridized carbons (Fsp3) is 0.409. The topological polar surface area (TPSA) is 64.3 Å². The first-order valence-corrected chi connectivity index (χ1v) is 10.8. The number of hydrogen-bond acceptors (Lipinski definition) is 4. The summed E-state index contributed by atoms with van der Waals surface area (Å²) in [7, 11) is 0. The van der Waals surface area contributed by atoms with Crippen LogP contribution >= 0.6 is 11.3 Å². The van der Waals surface area contributed by atoms with Crippen LogP contribution in [-0.2, 0) is 11.3 Å². The van der Waals surface area contributed by atoms with Crippen LogP contribution in [0.5, 0.6) is 0 Å². The minimum atomic E-state index is -0.479. The standard InChI is InChI=1S/C22H27N3O3S/c1-5-7-11-23(6-2)19(26)14-24-18-10-12-29-20(18)21(27)25(22(24)28)17-9-8-15(3)13-16(17)4/h8-10,12-13H,5-7,11,14H2,1-4H3. The predicted octanol–water partition coefficient (Wildman–Crippen LogP) is 3.48. The van der Waals surface area contributed by atoms with E-state index in [9.17, 15) is 14.4 Å². The fourth-order valence-electron chi connectivity index (χ4n) is 3.55. The Morgan fingerprint density at radius 1 is 1.14 bits per heavy atom. The zero-order valence-corrected chi connectivity index (χ0v) is 18.2. The molecule has 0 saturated heterocycles. The molecule has 0 radical (unpaired) electrons. The molecule has 3 aromatic rings. The molecule has 3 rings (SSSR count). The molecular weight excluding hydrogens is 386 g/mol. The molecule has 1 aromatic carbocycles. The number of unbranched alkanes of at least 4 members (excludes halogenated alkanes) is 1. The summed E-state index contributed by atoms with van der Waals surface area (Å²) in [5.41, 5.74) is 2.16. The Kier molecular flexibility index (Phi) is 6.37. The van der Waals surface area contributed by atoms with E-state index >= 15 is 0 Å². The van der Waals surface area contributed by atoms with E-state index in [0.717, 1.165) is 24.0 Å². The summed E-state index contributed by atoms with van der Waals surface area (Å²) >= 11 is 1.29. The third-order valence-corrected chi connectivity index (χ3v) is 6.05. The van der Waals surface area contributed by atoms with Gasteiger partial charge < -0.3 is 4.90 Å². The van der Waals surface area contributed by atoms with Crippen LogP contribution in [0.25, 0.3) is 15.9 Å². The number of hydrogen-bond donors (Lipinski definition) is 0. The third kappa shape index (κ3) is 4.05. The highest BCUT2D eigenvalue weighted by atomic mass is 32.1. The molecule has 0 fully saturated rings. The molecule has 0 saturated carbocycles. The van der Waals surface area contributed by atoms with Gasteiger partial charge in [-0.25, -0.2) is 9.36 Å². The van der Waals surface area contributed by atoms with Gasteiger partial charge in [0.25, 0.3) is 5.56 Å². The maximum atomic E-state index is 13.4. The predicted molar refractivity (Wildman–Crippen MR) is 118 cm³/mol. The molecule has 0 N–H and O–H groups in total. The molecule has 29 heavy (non-hydrogen) atoms. The van der Waals surface area contributed by atoms with Gasteiger partial charge in [-0.3, -0.25) is 14.2 Å². The van der Waals surface area contributed by atoms with Gasteiger partial charge >= 0.3 is 5.69 Å². The number of likely N-dealkylation sites (N-methyl/N-ethyl adjacent to an activating group) is 1. The van der Waals surface area contributed by atoms with Crippen molar-refractivity contribution in [2.24, 2.45) is 0 Å². The molecule has 0 unspecified atom stereocenters. The van der Waals surface area contributed by atoms with Gasteiger partial charge in [-0.2, -0.15) is 0 Å². The number of carbonyl (C=O) groups excluding carboxylic acids is 1. The van der Waals surface area contributed by atoms with Crippen LogP contribution in [0.4, 0.5) is 0 Å². The van der Waals surface area contributed by atoms with Crippen molar-refractivity contribution in [3.63, 3.8) is 0 Å². The lowest BCUT2D eigenvalue weighted by atomic mass is 10.1. The van der Waals surface area contributed by atoms with Crippen LogP contribution in [0, 0.1) is 13.8 Å². The minimum absolute atomic E-state index is 0.0746. The van der Waals surface area contributed by atoms with Crippen molar-refractivity contribution < 1.29 is 4.79 Å². The number of rotatable bonds is 7. The van der Waals surface area contributed by atoms with Gasteiger partial charge in [0.05, 0.1) is 11.2 Å². The molecule has 6 nitrogen and oxygen atoms in total. The van der Waals surface area contributed by atoms with Gasteiger partial charge in [-0.1, -0.05) is 31.0 Å². The highest BCUT2D eigenvalue weighted by molar-refractivity contribution is 7.17. The molecule has 1 amide bonds. The lowest BCUT2D eigenvalue weighted by molar-refractivity contribution is -0.131. The van der Waals surface area contributed by atoms with E-state index in [2.05, 4.69) is 6.92 Å². The van der Waals surface area contributed by atoms with E-state index in [0.29, 0.717) is 29.0 Å². The van der Waals surface area contributed by atoms with Crippen LogP contribution in [0.1, 0.15) is 37.8 Å². The Bertz CT molecular complexity index is 1160. The molecular formula is C22H27N3O3S. The zero-order valence-electron chi connectivity index (χ0n) is 17.4. The molecule has 0 aliphatic heterocycles. The van der Waals surface area contributed by atoms with Gasteiger partial charge in [0.2, 0.25) is 5.91 Å². The summed E-state index contributed by atoms with van der Waals surface area (Å²) in [6.45, 7) is 9.06. The molecule has 0 spiro atoms. The monoisotopic (exact) mass is 413 g/mol. The Hall–Kier alpha value is -2.67. The first-order chi connectivity index (χ1) is 13.9. The summed E-state index contributed by atoms with van der Waals surface area (Å²) in [6.07, 6.45) is 1.92. The minimum Gasteiger partial charge on any atom is -0.341 e. The number of amides is 1. The number of aromatic nitrogens is 2. The average molecular weight is 414 g/mol. The maximum absolute atomic E-state index is 13.4. The van der Waals surface area contributed by atoms with E-state index < -0.39 is 5.69 Å². The van der Waals surface area contributed by atoms with E-state index in [1.807, 2.05) is 32.9 Å². The maximum Gasteiger partial charge on any atom is 0.336 e. The summed E-state index contributed by atoms with van der Waals surface area (Å²) in [5, 5.41) is 1.79. The third-order valence-electron chi connectivity index (χ3n) is 5.16. The molecule has 0 atom stereocenters. The van der Waals surface area contributed by atoms with Gasteiger partial charge in [0.15, 0.2) is 0 Å². The van der Waals surface area contributed by atoms with E-state index in [1.165, 1.54) is 20.5 Å². The second kappa shape index (κ2) is 8.78. The number of aryl methyl sites for hydroxylation is 2. The first-order valence-electron chi connectivity index (χ1n) is 9.97. The smallest absolute Gasteiger partial charge is 0.336 e. The van der Waals surface area contributed by atoms with Crippen LogP contribution < -0.4 is 11.2 Å². The lowest BCUT2D eigenvalue weighted by Gasteiger charge is -2.22. The Morgan fingerprint density at radius 2 is 1.90 bits per heavy atom. The highest BCUT2D eigenvalue weighted by Gasteiger charge is 2.20. The van der Waals surface area contributed by atoms with Gasteiger partial charge in [-0.15, -0.1) is 11.3 Å². The lowest BCUT2D eigenvalue weighted by Crippen LogP contribution is -2.43. The highest BCUT2D eigenvalue weighted by Crippen LogP contribution is 2.18. The largest absolute Gasteiger partial charge is 0.341 e. The number of benzene rings is 1. The van der Waals surface area contributed by atoms with E-state index in [-0.39, 0.29) is 18.0 Å². The van der Waals surface area contributed by atoms with Crippen LogP contribution in [-0.4, -0.2) is 33.0 Å². The van der Waals surface area contributed by atoms with Crippen molar-refractivity contribution in [3.05, 3.63) is 61.6 Å². The SMILES string of the molecule is CCCCN(CC)C(=O)Cn1c(=O)n(-c2ccc(C)cc2C)c(=O)c2sccc21. The van der Waals surface area contributed by atoms with Gasteiger partial charge in [-0.05, 0) is 50.3 Å². The second-order valence-corrected chi connectivity index (χ2v) is 8.18. The number of fused-ring (bicyclic) bond motifs is 1. The van der Waals surface area contributed by atoms with Crippen molar-refractivity contribution in [2.45, 2.75) is 47.1 Å². The molecule has 154 valence electrons. The quantitative estimate of drug-likeness (QED) is 0.596. The van der Waals surface area contributed by atoms with Crippen LogP contribution in [0.3, 0.4) is 0 Å². The molecule has 0 aliphatic rings. The van der Waals surface area contributed by atoms with Gasteiger partial charge in [0.1, 0.15) is 11.2 Å². The Labute approximate surface area is 174 Å². The fourth-order valence-corrected chi connectivity index (χ4v) is 4.38. The first kappa shape index (κ1) is 21.0. The summed E-state index contributed by atoms with van der Waals surface area (Å²) in [4.78, 5) is 41.1. The van der Waals surface area contributed by atoms with Crippen molar-refractivity contribution >= 4 is 27.5 Å². The van der Waals surface area contributed by atoms with Crippen molar-refractivity contribution in [1.82, 2.24) is 14.0 Å². The molecule has 0 aliphatic carbocycles. The normalized spacial score (nSPS) is 11.2. The second-order valence-electron chi connectivity index (χ2n) is 7.26. The van der Waals surface area contributed by atoms with Crippen molar-refractivity contribution in [2.75, 3.05) is 13.1 Å². The average Bonchev–Trinajstić information content (AvgIpc) is 3.17. The molecule has 7 heteroatoms.